The molecule has 2 heterocycles. The summed E-state index contributed by atoms with van der Waals surface area (Å²) in [5.41, 5.74) is 4.41. The van der Waals surface area contributed by atoms with Crippen molar-refractivity contribution in [1.82, 2.24) is 5.32 Å². The number of benzene rings is 1. The maximum atomic E-state index is 4.91. The fourth-order valence-electron chi connectivity index (χ4n) is 3.19. The van der Waals surface area contributed by atoms with Crippen LogP contribution in [0.4, 0.5) is 5.69 Å². The highest BCUT2D eigenvalue weighted by Gasteiger charge is 2.37. The van der Waals surface area contributed by atoms with Gasteiger partial charge in [0.05, 0.1) is 5.69 Å². The fourth-order valence-corrected chi connectivity index (χ4v) is 3.19. The number of nitrogens with zero attached hydrogens (tertiary/aromatic N) is 1. The van der Waals surface area contributed by atoms with Crippen molar-refractivity contribution in [3.05, 3.63) is 29.8 Å². The zero-order chi connectivity index (χ0) is 11.7. The van der Waals surface area contributed by atoms with E-state index in [1.54, 1.807) is 0 Å². The summed E-state index contributed by atoms with van der Waals surface area (Å²) in [5.74, 6) is 0. The Kier molecular flexibility index (Phi) is 2.75. The number of hydrogen-bond acceptors (Lipinski definition) is 2. The van der Waals surface area contributed by atoms with Crippen LogP contribution in [0.5, 0.6) is 0 Å². The molecule has 0 aliphatic carbocycles. The average molecular weight is 228 g/mol. The molecule has 1 N–H and O–H groups in total. The summed E-state index contributed by atoms with van der Waals surface area (Å²) in [6.07, 6.45) is 4.79. The summed E-state index contributed by atoms with van der Waals surface area (Å²) < 4.78 is 0. The van der Waals surface area contributed by atoms with E-state index in [9.17, 15) is 0 Å². The van der Waals surface area contributed by atoms with E-state index < -0.39 is 0 Å². The van der Waals surface area contributed by atoms with Gasteiger partial charge in [0.25, 0.3) is 0 Å². The predicted octanol–water partition coefficient (Wildman–Crippen LogP) is 3.10. The molecule has 0 atom stereocenters. The summed E-state index contributed by atoms with van der Waals surface area (Å²) >= 11 is 0. The predicted molar refractivity (Wildman–Crippen MR) is 72.1 cm³/mol. The van der Waals surface area contributed by atoms with Crippen molar-refractivity contribution in [2.24, 2.45) is 10.4 Å². The van der Waals surface area contributed by atoms with Gasteiger partial charge in [-0.25, -0.2) is 0 Å². The van der Waals surface area contributed by atoms with E-state index in [4.69, 9.17) is 4.99 Å². The van der Waals surface area contributed by atoms with Crippen LogP contribution in [0.1, 0.15) is 31.7 Å². The minimum atomic E-state index is 0.365. The van der Waals surface area contributed by atoms with Gasteiger partial charge in [-0.3, -0.25) is 4.99 Å². The van der Waals surface area contributed by atoms with Crippen molar-refractivity contribution in [2.45, 2.75) is 32.6 Å². The molecule has 0 aromatic heterocycles. The molecule has 17 heavy (non-hydrogen) atoms. The highest BCUT2D eigenvalue weighted by Crippen LogP contribution is 2.40. The topological polar surface area (TPSA) is 24.4 Å². The first kappa shape index (κ1) is 11.0. The molecular formula is C15H20N2. The molecule has 0 radical (unpaired) electrons. The Labute approximate surface area is 103 Å². The van der Waals surface area contributed by atoms with Crippen LogP contribution in [0, 0.1) is 5.41 Å². The smallest absolute Gasteiger partial charge is 0.0665 e. The molecule has 90 valence electrons. The Morgan fingerprint density at radius 3 is 2.71 bits per heavy atom. The third-order valence-electron chi connectivity index (χ3n) is 4.45. The van der Waals surface area contributed by atoms with E-state index >= 15 is 0 Å². The molecule has 1 aromatic carbocycles. The van der Waals surface area contributed by atoms with Crippen molar-refractivity contribution in [2.75, 3.05) is 13.1 Å². The van der Waals surface area contributed by atoms with Gasteiger partial charge in [-0.05, 0) is 44.0 Å². The Morgan fingerprint density at radius 2 is 2.00 bits per heavy atom. The van der Waals surface area contributed by atoms with Crippen LogP contribution >= 0.6 is 0 Å². The Bertz CT molecular complexity index is 442. The minimum absolute atomic E-state index is 0.365. The second-order valence-corrected chi connectivity index (χ2v) is 5.25. The van der Waals surface area contributed by atoms with Gasteiger partial charge in [0.15, 0.2) is 0 Å². The number of rotatable bonds is 2. The Morgan fingerprint density at radius 1 is 1.24 bits per heavy atom. The van der Waals surface area contributed by atoms with Crippen molar-refractivity contribution in [3.8, 4) is 0 Å². The van der Waals surface area contributed by atoms with Gasteiger partial charge in [-0.15, -0.1) is 0 Å². The van der Waals surface area contributed by atoms with Crippen molar-refractivity contribution in [3.63, 3.8) is 0 Å². The first-order valence-corrected chi connectivity index (χ1v) is 6.71. The molecule has 0 bridgehead atoms. The highest BCUT2D eigenvalue weighted by molar-refractivity contribution is 5.98. The zero-order valence-corrected chi connectivity index (χ0v) is 10.5. The molecule has 2 aliphatic rings. The first-order valence-electron chi connectivity index (χ1n) is 6.71. The van der Waals surface area contributed by atoms with E-state index in [1.807, 2.05) is 0 Å². The van der Waals surface area contributed by atoms with Crippen LogP contribution in [-0.4, -0.2) is 18.8 Å². The monoisotopic (exact) mass is 228 g/mol. The highest BCUT2D eigenvalue weighted by atomic mass is 14.9. The summed E-state index contributed by atoms with van der Waals surface area (Å²) in [4.78, 5) is 4.91. The standard InChI is InChI=1S/C15H20N2/c1-2-15(7-9-16-10-8-15)14-11-12-5-3-4-6-13(12)17-14/h3-6,16H,2,7-11H2,1H3. The van der Waals surface area contributed by atoms with Gasteiger partial charge in [0, 0.05) is 17.5 Å². The number of nitrogens with one attached hydrogen (secondary N) is 1. The van der Waals surface area contributed by atoms with E-state index in [0.717, 1.165) is 19.5 Å². The van der Waals surface area contributed by atoms with Crippen molar-refractivity contribution in [1.29, 1.82) is 0 Å². The summed E-state index contributed by atoms with van der Waals surface area (Å²) in [7, 11) is 0. The lowest BCUT2D eigenvalue weighted by Crippen LogP contribution is -2.41. The molecule has 1 aromatic rings. The lowest BCUT2D eigenvalue weighted by molar-refractivity contribution is 0.287. The molecule has 1 saturated heterocycles. The molecule has 0 spiro atoms. The lowest BCUT2D eigenvalue weighted by Gasteiger charge is -2.37. The zero-order valence-electron chi connectivity index (χ0n) is 10.5. The Balaban J connectivity index is 1.91. The molecule has 2 aliphatic heterocycles. The number of aliphatic imine (C=N–C) groups is 1. The SMILES string of the molecule is CCC1(C2=Nc3ccccc3C2)CCNCC1. The van der Waals surface area contributed by atoms with Gasteiger partial charge in [-0.2, -0.15) is 0 Å². The molecular weight excluding hydrogens is 208 g/mol. The van der Waals surface area contributed by atoms with Crippen LogP contribution in [0.15, 0.2) is 29.3 Å². The lowest BCUT2D eigenvalue weighted by atomic mass is 9.71. The van der Waals surface area contributed by atoms with Crippen LogP contribution in [0.25, 0.3) is 0 Å². The normalized spacial score (nSPS) is 22.1. The van der Waals surface area contributed by atoms with E-state index in [1.165, 1.54) is 36.2 Å². The summed E-state index contributed by atoms with van der Waals surface area (Å²) in [6.45, 7) is 4.60. The third kappa shape index (κ3) is 1.81. The van der Waals surface area contributed by atoms with E-state index in [0.29, 0.717) is 5.41 Å². The largest absolute Gasteiger partial charge is 0.317 e. The molecule has 0 unspecified atom stereocenters. The molecule has 3 rings (SSSR count). The maximum Gasteiger partial charge on any atom is 0.0665 e. The van der Waals surface area contributed by atoms with Crippen LogP contribution < -0.4 is 5.32 Å². The summed E-state index contributed by atoms with van der Waals surface area (Å²) in [5, 5.41) is 3.46. The molecule has 1 fully saturated rings. The van der Waals surface area contributed by atoms with Crippen LogP contribution in [0.2, 0.25) is 0 Å². The quantitative estimate of drug-likeness (QED) is 0.826. The maximum absolute atomic E-state index is 4.91. The number of para-hydroxylation sites is 1. The van der Waals surface area contributed by atoms with Crippen LogP contribution in [0.3, 0.4) is 0 Å². The van der Waals surface area contributed by atoms with E-state index in [-0.39, 0.29) is 0 Å². The second-order valence-electron chi connectivity index (χ2n) is 5.25. The van der Waals surface area contributed by atoms with Gasteiger partial charge in [-0.1, -0.05) is 25.1 Å². The van der Waals surface area contributed by atoms with Crippen molar-refractivity contribution >= 4 is 11.4 Å². The van der Waals surface area contributed by atoms with Gasteiger partial charge >= 0.3 is 0 Å². The van der Waals surface area contributed by atoms with Gasteiger partial charge in [0.1, 0.15) is 0 Å². The molecule has 2 nitrogen and oxygen atoms in total. The van der Waals surface area contributed by atoms with Crippen molar-refractivity contribution < 1.29 is 0 Å². The minimum Gasteiger partial charge on any atom is -0.317 e. The van der Waals surface area contributed by atoms with Crippen LogP contribution in [-0.2, 0) is 6.42 Å². The van der Waals surface area contributed by atoms with E-state index in [2.05, 4.69) is 36.5 Å². The Hall–Kier alpha value is -1.15. The summed E-state index contributed by atoms with van der Waals surface area (Å²) in [6, 6.07) is 8.58. The number of piperidine rings is 1. The average Bonchev–Trinajstić information content (AvgIpc) is 2.84. The molecule has 0 amide bonds. The fraction of sp³-hybridized carbons (Fsp3) is 0.533. The second kappa shape index (κ2) is 4.26. The first-order chi connectivity index (χ1) is 8.34. The number of hydrogen-bond donors (Lipinski definition) is 1. The van der Waals surface area contributed by atoms with Gasteiger partial charge < -0.3 is 5.32 Å². The molecule has 2 heteroatoms. The number of fused-ring (bicyclic) bond motifs is 1. The molecule has 0 saturated carbocycles. The van der Waals surface area contributed by atoms with Gasteiger partial charge in [0.2, 0.25) is 0 Å². The third-order valence-corrected chi connectivity index (χ3v) is 4.45.